The molecule has 0 fully saturated rings. The first-order valence-corrected chi connectivity index (χ1v) is 7.04. The highest BCUT2D eigenvalue weighted by Gasteiger charge is 2.46. The summed E-state index contributed by atoms with van der Waals surface area (Å²) in [6, 6.07) is 3.14. The minimum absolute atomic E-state index is 0.0108. The minimum atomic E-state index is -1.61. The Bertz CT molecular complexity index is 619. The lowest BCUT2D eigenvalue weighted by Crippen LogP contribution is -2.47. The first kappa shape index (κ1) is 15.9. The molecule has 1 N–H and O–H groups in total. The molecule has 7 heteroatoms. The molecule has 0 spiro atoms. The lowest BCUT2D eigenvalue weighted by molar-refractivity contribution is -0.0803. The highest BCUT2D eigenvalue weighted by molar-refractivity contribution is 7.80. The van der Waals surface area contributed by atoms with Crippen molar-refractivity contribution in [1.82, 2.24) is 14.8 Å². The largest absolute Gasteiger partial charge is 0.383 e. The average Bonchev–Trinajstić information content (AvgIpc) is 2.90. The zero-order valence-electron chi connectivity index (χ0n) is 11.8. The number of benzene rings is 1. The first-order chi connectivity index (χ1) is 9.80. The highest BCUT2D eigenvalue weighted by Crippen LogP contribution is 2.42. The summed E-state index contributed by atoms with van der Waals surface area (Å²) in [4.78, 5) is 3.81. The maximum absolute atomic E-state index is 14.2. The van der Waals surface area contributed by atoms with Crippen LogP contribution >= 0.6 is 12.6 Å². The molecule has 0 aliphatic heterocycles. The van der Waals surface area contributed by atoms with Crippen molar-refractivity contribution in [2.75, 3.05) is 5.75 Å². The predicted molar refractivity (Wildman–Crippen MR) is 77.9 cm³/mol. The van der Waals surface area contributed by atoms with E-state index in [0.717, 1.165) is 12.1 Å². The Morgan fingerprint density at radius 2 is 2.05 bits per heavy atom. The Balaban J connectivity index is 2.54. The summed E-state index contributed by atoms with van der Waals surface area (Å²) in [6.07, 6.45) is 2.76. The zero-order chi connectivity index (χ0) is 15.7. The molecule has 1 aromatic carbocycles. The third-order valence-electron chi connectivity index (χ3n) is 3.75. The van der Waals surface area contributed by atoms with Gasteiger partial charge in [0.2, 0.25) is 0 Å². The van der Waals surface area contributed by atoms with Crippen LogP contribution in [0, 0.1) is 17.0 Å². The van der Waals surface area contributed by atoms with Crippen LogP contribution in [0.15, 0.2) is 30.9 Å². The van der Waals surface area contributed by atoms with Crippen LogP contribution in [-0.4, -0.2) is 25.6 Å². The van der Waals surface area contributed by atoms with Crippen LogP contribution in [-0.2, 0) is 12.1 Å². The van der Waals surface area contributed by atoms with Crippen molar-refractivity contribution in [3.8, 4) is 0 Å². The Morgan fingerprint density at radius 1 is 1.33 bits per heavy atom. The van der Waals surface area contributed by atoms with Gasteiger partial charge < -0.3 is 5.11 Å². The van der Waals surface area contributed by atoms with Gasteiger partial charge in [-0.1, -0.05) is 19.9 Å². The van der Waals surface area contributed by atoms with E-state index in [2.05, 4.69) is 22.7 Å². The van der Waals surface area contributed by atoms with E-state index in [1.807, 2.05) is 0 Å². The minimum Gasteiger partial charge on any atom is -0.383 e. The van der Waals surface area contributed by atoms with Crippen molar-refractivity contribution in [2.24, 2.45) is 5.41 Å². The van der Waals surface area contributed by atoms with Gasteiger partial charge in [0.05, 0.1) is 6.54 Å². The molecular weight excluding hydrogens is 296 g/mol. The molecule has 0 saturated heterocycles. The van der Waals surface area contributed by atoms with E-state index in [9.17, 15) is 13.9 Å². The smallest absolute Gasteiger partial charge is 0.137 e. The van der Waals surface area contributed by atoms with Crippen LogP contribution in [0.25, 0.3) is 0 Å². The molecular formula is C14H17F2N3OS. The maximum atomic E-state index is 14.2. The van der Waals surface area contributed by atoms with Gasteiger partial charge in [0.15, 0.2) is 0 Å². The van der Waals surface area contributed by atoms with Crippen molar-refractivity contribution in [3.63, 3.8) is 0 Å². The summed E-state index contributed by atoms with van der Waals surface area (Å²) in [5.41, 5.74) is -2.38. The fourth-order valence-electron chi connectivity index (χ4n) is 2.17. The van der Waals surface area contributed by atoms with Gasteiger partial charge in [-0.05, 0) is 11.8 Å². The monoisotopic (exact) mass is 313 g/mol. The molecule has 1 heterocycles. The SMILES string of the molecule is CC(C)(CS)C(O)(Cn1cncn1)c1ccc(F)cc1F. The average molecular weight is 313 g/mol. The quantitative estimate of drug-likeness (QED) is 0.834. The van der Waals surface area contributed by atoms with E-state index < -0.39 is 22.7 Å². The summed E-state index contributed by atoms with van der Waals surface area (Å²) in [5.74, 6) is -1.19. The topological polar surface area (TPSA) is 50.9 Å². The molecule has 0 radical (unpaired) electrons. The van der Waals surface area contributed by atoms with Gasteiger partial charge in [0, 0.05) is 17.0 Å². The summed E-state index contributed by atoms with van der Waals surface area (Å²) < 4.78 is 28.7. The summed E-state index contributed by atoms with van der Waals surface area (Å²) in [5, 5.41) is 15.1. The van der Waals surface area contributed by atoms with Gasteiger partial charge >= 0.3 is 0 Å². The number of hydrogen-bond donors (Lipinski definition) is 2. The molecule has 4 nitrogen and oxygen atoms in total. The summed E-state index contributed by atoms with van der Waals surface area (Å²) >= 11 is 4.25. The molecule has 21 heavy (non-hydrogen) atoms. The number of halogens is 2. The van der Waals surface area contributed by atoms with Gasteiger partial charge in [-0.2, -0.15) is 17.7 Å². The van der Waals surface area contributed by atoms with Gasteiger partial charge in [0.1, 0.15) is 29.9 Å². The fraction of sp³-hybridized carbons (Fsp3) is 0.429. The van der Waals surface area contributed by atoms with Crippen molar-refractivity contribution >= 4 is 12.6 Å². The van der Waals surface area contributed by atoms with Gasteiger partial charge in [-0.15, -0.1) is 0 Å². The molecule has 0 amide bonds. The predicted octanol–water partition coefficient (Wildman–Crippen LogP) is 2.40. The van der Waals surface area contributed by atoms with Gasteiger partial charge in [-0.25, -0.2) is 18.4 Å². The Labute approximate surface area is 127 Å². The van der Waals surface area contributed by atoms with Crippen LogP contribution in [0.1, 0.15) is 19.4 Å². The van der Waals surface area contributed by atoms with E-state index >= 15 is 0 Å². The standard InChI is InChI=1S/C14H17F2N3OS/c1-13(2,7-21)14(20,6-19-9-17-8-18-19)11-4-3-10(15)5-12(11)16/h3-5,8-9,20-21H,6-7H2,1-2H3. The Kier molecular flexibility index (Phi) is 4.34. The van der Waals surface area contributed by atoms with Crippen molar-refractivity contribution in [1.29, 1.82) is 0 Å². The molecule has 2 aromatic rings. The van der Waals surface area contributed by atoms with Crippen LogP contribution < -0.4 is 0 Å². The number of aliphatic hydroxyl groups is 1. The van der Waals surface area contributed by atoms with Crippen molar-refractivity contribution in [3.05, 3.63) is 48.1 Å². The van der Waals surface area contributed by atoms with Crippen LogP contribution in [0.5, 0.6) is 0 Å². The molecule has 0 saturated carbocycles. The lowest BCUT2D eigenvalue weighted by atomic mass is 9.71. The summed E-state index contributed by atoms with van der Waals surface area (Å²) in [6.45, 7) is 3.52. The molecule has 0 bridgehead atoms. The van der Waals surface area contributed by atoms with E-state index in [0.29, 0.717) is 5.75 Å². The van der Waals surface area contributed by atoms with Crippen LogP contribution in [0.4, 0.5) is 8.78 Å². The summed E-state index contributed by atoms with van der Waals surface area (Å²) in [7, 11) is 0. The molecule has 1 unspecified atom stereocenters. The number of thiol groups is 1. The first-order valence-electron chi connectivity index (χ1n) is 6.41. The molecule has 0 aliphatic rings. The molecule has 1 atom stereocenters. The van der Waals surface area contributed by atoms with E-state index in [1.54, 1.807) is 13.8 Å². The Morgan fingerprint density at radius 3 is 2.57 bits per heavy atom. The number of aromatic nitrogens is 3. The number of rotatable bonds is 5. The van der Waals surface area contributed by atoms with Crippen molar-refractivity contribution < 1.29 is 13.9 Å². The third-order valence-corrected chi connectivity index (χ3v) is 4.54. The molecule has 2 rings (SSSR count). The molecule has 114 valence electrons. The van der Waals surface area contributed by atoms with E-state index in [-0.39, 0.29) is 12.1 Å². The van der Waals surface area contributed by atoms with Gasteiger partial charge in [-0.3, -0.25) is 0 Å². The number of nitrogens with zero attached hydrogens (tertiary/aromatic N) is 3. The number of hydrogen-bond acceptors (Lipinski definition) is 4. The third kappa shape index (κ3) is 2.94. The normalized spacial score (nSPS) is 15.0. The highest BCUT2D eigenvalue weighted by atomic mass is 32.1. The fourth-order valence-corrected chi connectivity index (χ4v) is 2.43. The van der Waals surface area contributed by atoms with Crippen LogP contribution in [0.2, 0.25) is 0 Å². The van der Waals surface area contributed by atoms with E-state index in [4.69, 9.17) is 0 Å². The van der Waals surface area contributed by atoms with Gasteiger partial charge in [0.25, 0.3) is 0 Å². The molecule has 0 aliphatic carbocycles. The second kappa shape index (κ2) is 5.73. The molecule has 1 aromatic heterocycles. The van der Waals surface area contributed by atoms with Crippen LogP contribution in [0.3, 0.4) is 0 Å². The lowest BCUT2D eigenvalue weighted by Gasteiger charge is -2.42. The second-order valence-electron chi connectivity index (χ2n) is 5.62. The van der Waals surface area contributed by atoms with Crippen molar-refractivity contribution in [2.45, 2.75) is 26.0 Å². The second-order valence-corrected chi connectivity index (χ2v) is 5.94. The maximum Gasteiger partial charge on any atom is 0.137 e. The Hall–Kier alpha value is -1.47. The van der Waals surface area contributed by atoms with E-state index in [1.165, 1.54) is 23.4 Å². The zero-order valence-corrected chi connectivity index (χ0v) is 12.7.